The van der Waals surface area contributed by atoms with Crippen LogP contribution in [-0.4, -0.2) is 29.5 Å². The first-order chi connectivity index (χ1) is 9.54. The number of sulfone groups is 1. The second-order valence-corrected chi connectivity index (χ2v) is 7.36. The van der Waals surface area contributed by atoms with Crippen molar-refractivity contribution in [2.75, 3.05) is 11.5 Å². The predicted octanol–water partition coefficient (Wildman–Crippen LogP) is 1.83. The van der Waals surface area contributed by atoms with Crippen LogP contribution in [0.1, 0.15) is 30.7 Å². The largest absolute Gasteiger partial charge is 0.328 e. The second kappa shape index (κ2) is 4.60. The van der Waals surface area contributed by atoms with Crippen LogP contribution >= 0.6 is 0 Å². The molecule has 0 amide bonds. The quantitative estimate of drug-likeness (QED) is 0.845. The Bertz CT molecular complexity index is 815. The zero-order chi connectivity index (χ0) is 14.3. The van der Waals surface area contributed by atoms with Gasteiger partial charge < -0.3 is 4.57 Å². The Kier molecular flexibility index (Phi) is 3.02. The molecule has 1 fully saturated rings. The molecular weight excluding hydrogens is 274 g/mol. The summed E-state index contributed by atoms with van der Waals surface area (Å²) in [6.07, 6.45) is 0.636. The number of fused-ring (bicyclic) bond motifs is 1. The van der Waals surface area contributed by atoms with Crippen LogP contribution in [0.15, 0.2) is 18.2 Å². The number of nitriles is 1. The molecular formula is C14H15N3O2S. The number of rotatable bonds is 2. The Morgan fingerprint density at radius 3 is 2.90 bits per heavy atom. The van der Waals surface area contributed by atoms with Gasteiger partial charge in [-0.1, -0.05) is 0 Å². The maximum atomic E-state index is 11.6. The normalized spacial score (nSPS) is 21.1. The third kappa shape index (κ3) is 2.08. The molecule has 20 heavy (non-hydrogen) atoms. The van der Waals surface area contributed by atoms with Gasteiger partial charge in [-0.2, -0.15) is 5.26 Å². The molecule has 5 nitrogen and oxygen atoms in total. The standard InChI is InChI=1S/C14H15N3O2S/c1-2-17-13-4-3-10(8-15)7-12(13)16-14(17)11-5-6-20(18,19)9-11/h3-4,7,11H,2,5-6,9H2,1H3. The lowest BCUT2D eigenvalue weighted by atomic mass is 10.1. The fourth-order valence-corrected chi connectivity index (χ4v) is 4.60. The summed E-state index contributed by atoms with van der Waals surface area (Å²) in [7, 11) is -2.92. The molecule has 3 rings (SSSR count). The molecule has 0 N–H and O–H groups in total. The van der Waals surface area contributed by atoms with Crippen LogP contribution in [-0.2, 0) is 16.4 Å². The van der Waals surface area contributed by atoms with Crippen molar-refractivity contribution >= 4 is 20.9 Å². The van der Waals surface area contributed by atoms with Crippen molar-refractivity contribution < 1.29 is 8.42 Å². The van der Waals surface area contributed by atoms with Crippen molar-refractivity contribution in [1.82, 2.24) is 9.55 Å². The molecule has 2 aromatic rings. The summed E-state index contributed by atoms with van der Waals surface area (Å²) in [5.41, 5.74) is 2.31. The van der Waals surface area contributed by atoms with Crippen LogP contribution in [0.2, 0.25) is 0 Å². The molecule has 1 aromatic carbocycles. The minimum absolute atomic E-state index is 0.0297. The van der Waals surface area contributed by atoms with Crippen molar-refractivity contribution in [3.8, 4) is 6.07 Å². The highest BCUT2D eigenvalue weighted by Gasteiger charge is 2.32. The van der Waals surface area contributed by atoms with E-state index in [-0.39, 0.29) is 17.4 Å². The highest BCUT2D eigenvalue weighted by Crippen LogP contribution is 2.31. The van der Waals surface area contributed by atoms with Gasteiger partial charge in [0.05, 0.1) is 34.2 Å². The van der Waals surface area contributed by atoms with Gasteiger partial charge >= 0.3 is 0 Å². The highest BCUT2D eigenvalue weighted by molar-refractivity contribution is 7.91. The van der Waals surface area contributed by atoms with E-state index in [0.717, 1.165) is 23.4 Å². The van der Waals surface area contributed by atoms with Crippen molar-refractivity contribution in [3.63, 3.8) is 0 Å². The van der Waals surface area contributed by atoms with E-state index in [4.69, 9.17) is 5.26 Å². The number of benzene rings is 1. The van der Waals surface area contributed by atoms with Crippen LogP contribution in [0.25, 0.3) is 11.0 Å². The van der Waals surface area contributed by atoms with Gasteiger partial charge in [0.15, 0.2) is 9.84 Å². The van der Waals surface area contributed by atoms with E-state index in [1.165, 1.54) is 0 Å². The molecule has 104 valence electrons. The Morgan fingerprint density at radius 2 is 2.30 bits per heavy atom. The number of hydrogen-bond donors (Lipinski definition) is 0. The van der Waals surface area contributed by atoms with Gasteiger partial charge in [-0.3, -0.25) is 0 Å². The van der Waals surface area contributed by atoms with Crippen LogP contribution in [0, 0.1) is 11.3 Å². The van der Waals surface area contributed by atoms with E-state index >= 15 is 0 Å². The average molecular weight is 289 g/mol. The summed E-state index contributed by atoms with van der Waals surface area (Å²) < 4.78 is 25.4. The van der Waals surface area contributed by atoms with E-state index in [9.17, 15) is 8.42 Å². The summed E-state index contributed by atoms with van der Waals surface area (Å²) >= 11 is 0. The summed E-state index contributed by atoms with van der Waals surface area (Å²) in [5, 5.41) is 8.95. The first kappa shape index (κ1) is 13.1. The van der Waals surface area contributed by atoms with Gasteiger partial charge in [0.1, 0.15) is 5.82 Å². The summed E-state index contributed by atoms with van der Waals surface area (Å²) in [6.45, 7) is 2.76. The molecule has 0 radical (unpaired) electrons. The topological polar surface area (TPSA) is 75.8 Å². The monoisotopic (exact) mass is 289 g/mol. The Balaban J connectivity index is 2.14. The molecule has 1 saturated heterocycles. The molecule has 1 aliphatic rings. The fraction of sp³-hybridized carbons (Fsp3) is 0.429. The summed E-state index contributed by atoms with van der Waals surface area (Å²) in [6, 6.07) is 7.52. The van der Waals surface area contributed by atoms with Gasteiger partial charge in [-0.25, -0.2) is 13.4 Å². The lowest BCUT2D eigenvalue weighted by Crippen LogP contribution is -2.10. The first-order valence-corrected chi connectivity index (χ1v) is 8.47. The van der Waals surface area contributed by atoms with Crippen molar-refractivity contribution in [2.24, 2.45) is 0 Å². The molecule has 6 heteroatoms. The zero-order valence-corrected chi connectivity index (χ0v) is 12.0. The number of imidazole rings is 1. The molecule has 2 heterocycles. The van der Waals surface area contributed by atoms with E-state index < -0.39 is 9.84 Å². The Hall–Kier alpha value is -1.87. The molecule has 1 atom stereocenters. The van der Waals surface area contributed by atoms with Crippen molar-refractivity contribution in [2.45, 2.75) is 25.8 Å². The summed E-state index contributed by atoms with van der Waals surface area (Å²) in [5.74, 6) is 1.23. The van der Waals surface area contributed by atoms with E-state index in [1.807, 2.05) is 13.0 Å². The maximum Gasteiger partial charge on any atom is 0.151 e. The van der Waals surface area contributed by atoms with Gasteiger partial charge in [0.2, 0.25) is 0 Å². The number of hydrogen-bond acceptors (Lipinski definition) is 4. The number of aromatic nitrogens is 2. The van der Waals surface area contributed by atoms with Crippen LogP contribution in [0.3, 0.4) is 0 Å². The first-order valence-electron chi connectivity index (χ1n) is 6.65. The molecule has 0 saturated carbocycles. The van der Waals surface area contributed by atoms with E-state index in [1.54, 1.807) is 12.1 Å². The maximum absolute atomic E-state index is 11.6. The zero-order valence-electron chi connectivity index (χ0n) is 11.2. The molecule has 0 aliphatic carbocycles. The highest BCUT2D eigenvalue weighted by atomic mass is 32.2. The van der Waals surface area contributed by atoms with Crippen molar-refractivity contribution in [1.29, 1.82) is 5.26 Å². The van der Waals surface area contributed by atoms with E-state index in [0.29, 0.717) is 12.0 Å². The van der Waals surface area contributed by atoms with Crippen LogP contribution in [0.5, 0.6) is 0 Å². The van der Waals surface area contributed by atoms with Gasteiger partial charge in [-0.15, -0.1) is 0 Å². The van der Waals surface area contributed by atoms with Gasteiger partial charge in [0, 0.05) is 12.5 Å². The third-order valence-electron chi connectivity index (χ3n) is 3.82. The Morgan fingerprint density at radius 1 is 1.50 bits per heavy atom. The van der Waals surface area contributed by atoms with Crippen LogP contribution in [0.4, 0.5) is 0 Å². The van der Waals surface area contributed by atoms with Gasteiger partial charge in [0.25, 0.3) is 0 Å². The predicted molar refractivity (Wildman–Crippen MR) is 76.1 cm³/mol. The Labute approximate surface area is 117 Å². The van der Waals surface area contributed by atoms with Gasteiger partial charge in [-0.05, 0) is 31.5 Å². The third-order valence-corrected chi connectivity index (χ3v) is 5.59. The number of nitrogens with zero attached hydrogens (tertiary/aromatic N) is 3. The molecule has 1 aliphatic heterocycles. The van der Waals surface area contributed by atoms with Crippen LogP contribution < -0.4 is 0 Å². The van der Waals surface area contributed by atoms with E-state index in [2.05, 4.69) is 15.6 Å². The second-order valence-electron chi connectivity index (χ2n) is 5.13. The average Bonchev–Trinajstić information content (AvgIpc) is 2.97. The summed E-state index contributed by atoms with van der Waals surface area (Å²) in [4.78, 5) is 4.59. The minimum atomic E-state index is -2.92. The lowest BCUT2D eigenvalue weighted by molar-refractivity contribution is 0.599. The molecule has 1 unspecified atom stereocenters. The smallest absolute Gasteiger partial charge is 0.151 e. The minimum Gasteiger partial charge on any atom is -0.328 e. The number of aryl methyl sites for hydroxylation is 1. The lowest BCUT2D eigenvalue weighted by Gasteiger charge is -2.10. The fourth-order valence-electron chi connectivity index (χ4n) is 2.86. The SMILES string of the molecule is CCn1c(C2CCS(=O)(=O)C2)nc2cc(C#N)ccc21. The van der Waals surface area contributed by atoms with Crippen molar-refractivity contribution in [3.05, 3.63) is 29.6 Å². The molecule has 1 aromatic heterocycles. The molecule has 0 spiro atoms. The molecule has 0 bridgehead atoms.